The first kappa shape index (κ1) is 20.2. The molecule has 29 heavy (non-hydrogen) atoms. The van der Waals surface area contributed by atoms with Crippen molar-refractivity contribution in [3.63, 3.8) is 0 Å². The molecule has 150 valence electrons. The summed E-state index contributed by atoms with van der Waals surface area (Å²) in [7, 11) is 3.23. The summed E-state index contributed by atoms with van der Waals surface area (Å²) in [4.78, 5) is 16.5. The van der Waals surface area contributed by atoms with Crippen LogP contribution in [0.15, 0.2) is 60.8 Å². The molecule has 0 unspecified atom stereocenters. The van der Waals surface area contributed by atoms with Crippen LogP contribution < -0.4 is 19.5 Å². The van der Waals surface area contributed by atoms with Gasteiger partial charge in [0.15, 0.2) is 0 Å². The number of aromatic nitrogens is 1. The molecule has 0 atom stereocenters. The smallest absolute Gasteiger partial charge is 0.224 e. The Morgan fingerprint density at radius 3 is 2.48 bits per heavy atom. The van der Waals surface area contributed by atoms with E-state index in [1.54, 1.807) is 32.5 Å². The lowest BCUT2D eigenvalue weighted by Crippen LogP contribution is -2.24. The predicted molar refractivity (Wildman–Crippen MR) is 111 cm³/mol. The molecule has 0 spiro atoms. The summed E-state index contributed by atoms with van der Waals surface area (Å²) in [5.74, 6) is 2.55. The standard InChI is InChI=1S/C23H24N2O4/c1-16-7-8-17(11-21(16)28-3)12-22(26)24-14-18-9-10-23(25-15-18)29-20-6-4-5-19(13-20)27-2/h4-11,13,15H,12,14H2,1-3H3,(H,24,26). The number of rotatable bonds is 8. The van der Waals surface area contributed by atoms with Gasteiger partial charge >= 0.3 is 0 Å². The summed E-state index contributed by atoms with van der Waals surface area (Å²) in [5.41, 5.74) is 2.84. The highest BCUT2D eigenvalue weighted by molar-refractivity contribution is 5.78. The number of amides is 1. The minimum absolute atomic E-state index is 0.0624. The maximum atomic E-state index is 12.2. The van der Waals surface area contributed by atoms with Crippen LogP contribution >= 0.6 is 0 Å². The second-order valence-electron chi connectivity index (χ2n) is 6.54. The number of nitrogens with one attached hydrogen (secondary N) is 1. The van der Waals surface area contributed by atoms with Crippen molar-refractivity contribution >= 4 is 5.91 Å². The molecule has 3 aromatic rings. The van der Waals surface area contributed by atoms with Gasteiger partial charge in [-0.2, -0.15) is 0 Å². The predicted octanol–water partition coefficient (Wildman–Crippen LogP) is 4.06. The van der Waals surface area contributed by atoms with Crippen LogP contribution in [-0.2, 0) is 17.8 Å². The summed E-state index contributed by atoms with van der Waals surface area (Å²) in [6.07, 6.45) is 1.98. The quantitative estimate of drug-likeness (QED) is 0.626. The molecule has 6 nitrogen and oxygen atoms in total. The van der Waals surface area contributed by atoms with Crippen molar-refractivity contribution in [2.75, 3.05) is 14.2 Å². The summed E-state index contributed by atoms with van der Waals surface area (Å²) < 4.78 is 16.2. The van der Waals surface area contributed by atoms with Gasteiger partial charge in [-0.05, 0) is 41.8 Å². The molecule has 6 heteroatoms. The Bertz CT molecular complexity index is 971. The third-order valence-electron chi connectivity index (χ3n) is 4.39. The molecule has 0 bridgehead atoms. The molecule has 1 amide bonds. The number of pyridine rings is 1. The zero-order valence-electron chi connectivity index (χ0n) is 16.8. The van der Waals surface area contributed by atoms with Crippen molar-refractivity contribution < 1.29 is 19.0 Å². The van der Waals surface area contributed by atoms with Crippen LogP contribution in [0.2, 0.25) is 0 Å². The first-order valence-electron chi connectivity index (χ1n) is 9.24. The normalized spacial score (nSPS) is 10.3. The Balaban J connectivity index is 1.52. The monoisotopic (exact) mass is 392 g/mol. The van der Waals surface area contributed by atoms with E-state index < -0.39 is 0 Å². The van der Waals surface area contributed by atoms with Crippen molar-refractivity contribution in [3.8, 4) is 23.1 Å². The van der Waals surface area contributed by atoms with Gasteiger partial charge in [0.05, 0.1) is 20.6 Å². The first-order chi connectivity index (χ1) is 14.1. The van der Waals surface area contributed by atoms with E-state index in [-0.39, 0.29) is 5.91 Å². The lowest BCUT2D eigenvalue weighted by atomic mass is 10.1. The van der Waals surface area contributed by atoms with Gasteiger partial charge in [-0.25, -0.2) is 4.98 Å². The summed E-state index contributed by atoms with van der Waals surface area (Å²) in [5, 5.41) is 2.91. The Labute approximate surface area is 170 Å². The minimum atomic E-state index is -0.0624. The molecule has 1 N–H and O–H groups in total. The van der Waals surface area contributed by atoms with E-state index in [2.05, 4.69) is 10.3 Å². The third kappa shape index (κ3) is 5.72. The number of carbonyl (C=O) groups excluding carboxylic acids is 1. The van der Waals surface area contributed by atoms with E-state index in [4.69, 9.17) is 14.2 Å². The van der Waals surface area contributed by atoms with Gasteiger partial charge in [0.2, 0.25) is 11.8 Å². The van der Waals surface area contributed by atoms with Crippen molar-refractivity contribution in [2.45, 2.75) is 19.9 Å². The maximum Gasteiger partial charge on any atom is 0.224 e. The average Bonchev–Trinajstić information content (AvgIpc) is 2.74. The van der Waals surface area contributed by atoms with E-state index in [9.17, 15) is 4.79 Å². The molecule has 1 heterocycles. The molecule has 0 aliphatic carbocycles. The van der Waals surface area contributed by atoms with Gasteiger partial charge in [0.1, 0.15) is 17.2 Å². The van der Waals surface area contributed by atoms with Crippen molar-refractivity contribution in [1.82, 2.24) is 10.3 Å². The van der Waals surface area contributed by atoms with Crippen LogP contribution in [0.25, 0.3) is 0 Å². The first-order valence-corrected chi connectivity index (χ1v) is 9.24. The van der Waals surface area contributed by atoms with E-state index in [1.807, 2.05) is 49.4 Å². The molecule has 0 fully saturated rings. The summed E-state index contributed by atoms with van der Waals surface area (Å²) in [6.45, 7) is 2.37. The van der Waals surface area contributed by atoms with Gasteiger partial charge in [-0.15, -0.1) is 0 Å². The van der Waals surface area contributed by atoms with Gasteiger partial charge in [-0.3, -0.25) is 4.79 Å². The van der Waals surface area contributed by atoms with Crippen molar-refractivity contribution in [2.24, 2.45) is 0 Å². The molecule has 0 saturated carbocycles. The van der Waals surface area contributed by atoms with Crippen LogP contribution in [-0.4, -0.2) is 25.1 Å². The molecule has 1 aromatic heterocycles. The molecule has 0 saturated heterocycles. The Kier molecular flexibility index (Phi) is 6.68. The second kappa shape index (κ2) is 9.59. The number of ether oxygens (including phenoxy) is 3. The second-order valence-corrected chi connectivity index (χ2v) is 6.54. The Morgan fingerprint density at radius 1 is 0.966 bits per heavy atom. The van der Waals surface area contributed by atoms with Crippen LogP contribution in [0.4, 0.5) is 0 Å². The molecule has 3 rings (SSSR count). The summed E-state index contributed by atoms with van der Waals surface area (Å²) in [6, 6.07) is 16.7. The molecular weight excluding hydrogens is 368 g/mol. The van der Waals surface area contributed by atoms with Crippen LogP contribution in [0, 0.1) is 6.92 Å². The van der Waals surface area contributed by atoms with E-state index in [1.165, 1.54) is 0 Å². The van der Waals surface area contributed by atoms with Crippen LogP contribution in [0.1, 0.15) is 16.7 Å². The highest BCUT2D eigenvalue weighted by atomic mass is 16.5. The number of methoxy groups -OCH3 is 2. The minimum Gasteiger partial charge on any atom is -0.497 e. The fraction of sp³-hybridized carbons (Fsp3) is 0.217. The fourth-order valence-corrected chi connectivity index (χ4v) is 2.78. The number of nitrogens with zero attached hydrogens (tertiary/aromatic N) is 1. The van der Waals surface area contributed by atoms with E-state index in [0.717, 1.165) is 22.4 Å². The maximum absolute atomic E-state index is 12.2. The number of carbonyl (C=O) groups is 1. The highest BCUT2D eigenvalue weighted by Gasteiger charge is 2.07. The van der Waals surface area contributed by atoms with E-state index >= 15 is 0 Å². The van der Waals surface area contributed by atoms with Gasteiger partial charge in [-0.1, -0.05) is 24.3 Å². The lowest BCUT2D eigenvalue weighted by molar-refractivity contribution is -0.120. The van der Waals surface area contributed by atoms with Crippen LogP contribution in [0.5, 0.6) is 23.1 Å². The van der Waals surface area contributed by atoms with Crippen molar-refractivity contribution in [3.05, 3.63) is 77.5 Å². The SMILES string of the molecule is COc1cccc(Oc2ccc(CNC(=O)Cc3ccc(C)c(OC)c3)cn2)c1. The molecule has 0 radical (unpaired) electrons. The Morgan fingerprint density at radius 2 is 1.76 bits per heavy atom. The summed E-state index contributed by atoms with van der Waals surface area (Å²) >= 11 is 0. The molecule has 2 aromatic carbocycles. The lowest BCUT2D eigenvalue weighted by Gasteiger charge is -2.09. The molecular formula is C23H24N2O4. The van der Waals surface area contributed by atoms with Gasteiger partial charge in [0.25, 0.3) is 0 Å². The molecule has 0 aliphatic heterocycles. The molecule has 0 aliphatic rings. The third-order valence-corrected chi connectivity index (χ3v) is 4.39. The topological polar surface area (TPSA) is 69.7 Å². The van der Waals surface area contributed by atoms with Gasteiger partial charge < -0.3 is 19.5 Å². The number of aryl methyl sites for hydroxylation is 1. The largest absolute Gasteiger partial charge is 0.497 e. The number of benzene rings is 2. The number of hydrogen-bond acceptors (Lipinski definition) is 5. The zero-order chi connectivity index (χ0) is 20.6. The fourth-order valence-electron chi connectivity index (χ4n) is 2.78. The van der Waals surface area contributed by atoms with Crippen LogP contribution in [0.3, 0.4) is 0 Å². The van der Waals surface area contributed by atoms with Crippen molar-refractivity contribution in [1.29, 1.82) is 0 Å². The van der Waals surface area contributed by atoms with E-state index in [0.29, 0.717) is 30.3 Å². The van der Waals surface area contributed by atoms with Gasteiger partial charge in [0, 0.05) is 24.9 Å². The zero-order valence-corrected chi connectivity index (χ0v) is 16.8. The average molecular weight is 392 g/mol. The number of hydrogen-bond donors (Lipinski definition) is 1. The highest BCUT2D eigenvalue weighted by Crippen LogP contribution is 2.24. The Hall–Kier alpha value is -3.54.